The molecule has 1 aromatic carbocycles. The van der Waals surface area contributed by atoms with Crippen LogP contribution in [0.3, 0.4) is 0 Å². The maximum absolute atomic E-state index is 12.5. The van der Waals surface area contributed by atoms with Crippen molar-refractivity contribution in [1.29, 1.82) is 0 Å². The van der Waals surface area contributed by atoms with E-state index in [1.54, 1.807) is 12.1 Å². The summed E-state index contributed by atoms with van der Waals surface area (Å²) in [5.74, 6) is -1.59. The maximum atomic E-state index is 12.5. The van der Waals surface area contributed by atoms with Gasteiger partial charge in [-0.2, -0.15) is 20.5 Å². The summed E-state index contributed by atoms with van der Waals surface area (Å²) in [5.41, 5.74) is 0.333. The largest absolute Gasteiger partial charge is 0.324 e. The number of thioether (sulfide) groups is 2. The molecular weight excluding hydrogens is 312 g/mol. The molecule has 0 aromatic heterocycles. The summed E-state index contributed by atoms with van der Waals surface area (Å²) in [4.78, 5) is 11.9. The molecule has 0 unspecified atom stereocenters. The molecule has 0 saturated heterocycles. The number of nitrogens with one attached hydrogen (secondary N) is 1. The number of anilines is 1. The zero-order chi connectivity index (χ0) is 14.3. The molecule has 1 amide bonds. The van der Waals surface area contributed by atoms with Crippen LogP contribution in [0.4, 0.5) is 14.5 Å². The highest BCUT2D eigenvalue weighted by Gasteiger charge is 2.15. The normalized spacial score (nSPS) is 10.8. The summed E-state index contributed by atoms with van der Waals surface area (Å²) >= 11 is 7.71. The first-order chi connectivity index (χ1) is 9.04. The molecule has 0 heterocycles. The van der Waals surface area contributed by atoms with Crippen LogP contribution in [0.1, 0.15) is 13.3 Å². The van der Waals surface area contributed by atoms with E-state index in [1.807, 2.05) is 6.92 Å². The van der Waals surface area contributed by atoms with Crippen molar-refractivity contribution < 1.29 is 13.6 Å². The fourth-order valence-corrected chi connectivity index (χ4v) is 2.92. The lowest BCUT2D eigenvalue weighted by molar-refractivity contribution is -0.113. The molecule has 1 aromatic rings. The number of rotatable bonds is 7. The van der Waals surface area contributed by atoms with Crippen molar-refractivity contribution in [1.82, 2.24) is 0 Å². The van der Waals surface area contributed by atoms with Gasteiger partial charge in [0.15, 0.2) is 0 Å². The molecule has 2 nitrogen and oxygen atoms in total. The number of carbonyl (C=O) groups is 1. The minimum atomic E-state index is -2.58. The molecule has 7 heteroatoms. The molecule has 0 bridgehead atoms. The van der Waals surface area contributed by atoms with Crippen molar-refractivity contribution in [2.75, 3.05) is 16.8 Å². The lowest BCUT2D eigenvalue weighted by Crippen LogP contribution is -2.15. The Morgan fingerprint density at radius 2 is 2.21 bits per heavy atom. The topological polar surface area (TPSA) is 29.1 Å². The molecule has 0 spiro atoms. The minimum absolute atomic E-state index is 0.202. The number of benzene rings is 1. The van der Waals surface area contributed by atoms with Gasteiger partial charge >= 0.3 is 0 Å². The SMILES string of the molecule is CCCSCC(=O)Nc1cccc(Cl)c1SC(F)F. The van der Waals surface area contributed by atoms with Gasteiger partial charge < -0.3 is 5.32 Å². The fraction of sp³-hybridized carbons (Fsp3) is 0.417. The molecule has 0 radical (unpaired) electrons. The van der Waals surface area contributed by atoms with Crippen LogP contribution in [-0.2, 0) is 4.79 Å². The summed E-state index contributed by atoms with van der Waals surface area (Å²) in [6.07, 6.45) is 0.988. The van der Waals surface area contributed by atoms with Crippen LogP contribution in [0.25, 0.3) is 0 Å². The van der Waals surface area contributed by atoms with Gasteiger partial charge in [0.05, 0.1) is 21.4 Å². The molecule has 0 saturated carbocycles. The first-order valence-corrected chi connectivity index (χ1v) is 8.06. The highest BCUT2D eigenvalue weighted by atomic mass is 35.5. The lowest BCUT2D eigenvalue weighted by atomic mass is 10.3. The molecule has 0 atom stereocenters. The van der Waals surface area contributed by atoms with Gasteiger partial charge in [-0.25, -0.2) is 0 Å². The van der Waals surface area contributed by atoms with Crippen LogP contribution < -0.4 is 5.32 Å². The number of amides is 1. The Morgan fingerprint density at radius 3 is 2.84 bits per heavy atom. The molecule has 19 heavy (non-hydrogen) atoms. The van der Waals surface area contributed by atoms with Crippen molar-refractivity contribution in [2.24, 2.45) is 0 Å². The second kappa shape index (κ2) is 8.66. The molecule has 0 fully saturated rings. The Kier molecular flexibility index (Phi) is 7.56. The number of hydrogen-bond donors (Lipinski definition) is 1. The monoisotopic (exact) mass is 325 g/mol. The van der Waals surface area contributed by atoms with Crippen molar-refractivity contribution >= 4 is 46.7 Å². The Morgan fingerprint density at radius 1 is 1.47 bits per heavy atom. The fourth-order valence-electron chi connectivity index (χ4n) is 1.31. The third-order valence-corrected chi connectivity index (χ3v) is 4.47. The predicted octanol–water partition coefficient (Wildman–Crippen LogP) is 4.74. The average molecular weight is 326 g/mol. The summed E-state index contributed by atoms with van der Waals surface area (Å²) in [6.45, 7) is 2.03. The summed E-state index contributed by atoms with van der Waals surface area (Å²) in [7, 11) is 0. The highest BCUT2D eigenvalue weighted by Crippen LogP contribution is 2.37. The van der Waals surface area contributed by atoms with E-state index in [1.165, 1.54) is 17.8 Å². The van der Waals surface area contributed by atoms with Gasteiger partial charge in [-0.15, -0.1) is 0 Å². The predicted molar refractivity (Wildman–Crippen MR) is 79.6 cm³/mol. The second-order valence-electron chi connectivity index (χ2n) is 3.60. The van der Waals surface area contributed by atoms with Crippen LogP contribution in [0.2, 0.25) is 5.02 Å². The Hall–Kier alpha value is -0.460. The minimum Gasteiger partial charge on any atom is -0.324 e. The van der Waals surface area contributed by atoms with Crippen LogP contribution in [0.15, 0.2) is 23.1 Å². The van der Waals surface area contributed by atoms with Gasteiger partial charge in [0.2, 0.25) is 5.91 Å². The van der Waals surface area contributed by atoms with E-state index < -0.39 is 5.76 Å². The Bertz CT molecular complexity index is 432. The van der Waals surface area contributed by atoms with Gasteiger partial charge in [0.25, 0.3) is 5.76 Å². The van der Waals surface area contributed by atoms with Gasteiger partial charge in [0.1, 0.15) is 0 Å². The maximum Gasteiger partial charge on any atom is 0.289 e. The van der Waals surface area contributed by atoms with Gasteiger partial charge in [-0.3, -0.25) is 4.79 Å². The standard InChI is InChI=1S/C12H14ClF2NOS2/c1-2-6-18-7-10(17)16-9-5-3-4-8(13)11(9)19-12(14)15/h3-5,12H,2,6-7H2,1H3,(H,16,17). The Balaban J connectivity index is 2.71. The molecule has 1 rings (SSSR count). The van der Waals surface area contributed by atoms with Crippen LogP contribution >= 0.6 is 35.1 Å². The first kappa shape index (κ1) is 16.6. The van der Waals surface area contributed by atoms with Crippen molar-refractivity contribution in [3.8, 4) is 0 Å². The van der Waals surface area contributed by atoms with Crippen LogP contribution in [0.5, 0.6) is 0 Å². The van der Waals surface area contributed by atoms with E-state index in [-0.39, 0.29) is 15.8 Å². The van der Waals surface area contributed by atoms with Crippen molar-refractivity contribution in [3.63, 3.8) is 0 Å². The molecule has 0 aliphatic heterocycles. The van der Waals surface area contributed by atoms with Crippen LogP contribution in [-0.4, -0.2) is 23.2 Å². The third-order valence-electron chi connectivity index (χ3n) is 2.03. The second-order valence-corrected chi connectivity index (χ2v) is 6.11. The summed E-state index contributed by atoms with van der Waals surface area (Å²) in [5, 5.41) is 2.83. The van der Waals surface area contributed by atoms with E-state index in [4.69, 9.17) is 11.6 Å². The van der Waals surface area contributed by atoms with E-state index >= 15 is 0 Å². The molecule has 0 aliphatic carbocycles. The van der Waals surface area contributed by atoms with E-state index in [0.29, 0.717) is 23.2 Å². The Labute approximate surface area is 124 Å². The zero-order valence-electron chi connectivity index (χ0n) is 10.3. The highest BCUT2D eigenvalue weighted by molar-refractivity contribution is 8.00. The number of hydrogen-bond acceptors (Lipinski definition) is 3. The van der Waals surface area contributed by atoms with Crippen molar-refractivity contribution in [3.05, 3.63) is 23.2 Å². The molecular formula is C12H14ClF2NOS2. The number of halogens is 3. The number of alkyl halides is 2. The summed E-state index contributed by atoms with van der Waals surface area (Å²) < 4.78 is 24.9. The molecule has 106 valence electrons. The smallest absolute Gasteiger partial charge is 0.289 e. The van der Waals surface area contributed by atoms with E-state index in [9.17, 15) is 13.6 Å². The zero-order valence-corrected chi connectivity index (χ0v) is 12.7. The third kappa shape index (κ3) is 6.01. The van der Waals surface area contributed by atoms with Gasteiger partial charge in [0, 0.05) is 0 Å². The molecule has 1 N–H and O–H groups in total. The average Bonchev–Trinajstić information content (AvgIpc) is 2.33. The van der Waals surface area contributed by atoms with Crippen molar-refractivity contribution in [2.45, 2.75) is 24.0 Å². The van der Waals surface area contributed by atoms with Gasteiger partial charge in [-0.1, -0.05) is 36.4 Å². The lowest BCUT2D eigenvalue weighted by Gasteiger charge is -2.11. The van der Waals surface area contributed by atoms with E-state index in [2.05, 4.69) is 5.32 Å². The quantitative estimate of drug-likeness (QED) is 0.580. The molecule has 0 aliphatic rings. The first-order valence-electron chi connectivity index (χ1n) is 5.65. The summed E-state index contributed by atoms with van der Waals surface area (Å²) in [6, 6.07) is 4.71. The van der Waals surface area contributed by atoms with E-state index in [0.717, 1.165) is 12.2 Å². The van der Waals surface area contributed by atoms with Crippen LogP contribution in [0, 0.1) is 0 Å². The van der Waals surface area contributed by atoms with Gasteiger partial charge in [-0.05, 0) is 24.3 Å². The number of carbonyl (C=O) groups excluding carboxylic acids is 1.